The molecule has 1 heterocycles. The van der Waals surface area contributed by atoms with Crippen LogP contribution in [0.25, 0.3) is 16.6 Å². The van der Waals surface area contributed by atoms with E-state index in [2.05, 4.69) is 4.98 Å². The number of aromatic nitrogens is 2. The molecule has 0 atom stereocenters. The lowest BCUT2D eigenvalue weighted by molar-refractivity contribution is 0.284. The third kappa shape index (κ3) is 3.94. The molecule has 1 N–H and O–H groups in total. The van der Waals surface area contributed by atoms with E-state index in [1.165, 1.54) is 22.4 Å². The van der Waals surface area contributed by atoms with Gasteiger partial charge in [-0.2, -0.15) is 0 Å². The van der Waals surface area contributed by atoms with Gasteiger partial charge in [-0.15, -0.1) is 0 Å². The smallest absolute Gasteiger partial charge is 0.266 e. The number of nitrogens with zero attached hydrogens (tertiary/aromatic N) is 2. The minimum absolute atomic E-state index is 0.0208. The summed E-state index contributed by atoms with van der Waals surface area (Å²) in [6, 6.07) is 10.0. The molecular formula is C19H18F2N2O2S. The van der Waals surface area contributed by atoms with Crippen molar-refractivity contribution in [3.8, 4) is 5.69 Å². The quantitative estimate of drug-likeness (QED) is 0.386. The van der Waals surface area contributed by atoms with E-state index in [1.807, 2.05) is 0 Å². The Bertz CT molecular complexity index is 975. The van der Waals surface area contributed by atoms with Crippen molar-refractivity contribution in [1.82, 2.24) is 9.55 Å². The van der Waals surface area contributed by atoms with Crippen molar-refractivity contribution in [2.75, 3.05) is 12.4 Å². The van der Waals surface area contributed by atoms with Crippen LogP contribution in [0.15, 0.2) is 52.4 Å². The van der Waals surface area contributed by atoms with Crippen LogP contribution in [-0.2, 0) is 0 Å². The van der Waals surface area contributed by atoms with E-state index in [1.54, 1.807) is 24.3 Å². The van der Waals surface area contributed by atoms with Gasteiger partial charge in [0.1, 0.15) is 11.6 Å². The van der Waals surface area contributed by atoms with Gasteiger partial charge in [0.25, 0.3) is 5.56 Å². The first-order valence-electron chi connectivity index (χ1n) is 8.32. The normalized spacial score (nSPS) is 11.2. The Kier molecular flexibility index (Phi) is 6.00. The van der Waals surface area contributed by atoms with E-state index in [0.29, 0.717) is 28.2 Å². The van der Waals surface area contributed by atoms with E-state index < -0.39 is 11.6 Å². The van der Waals surface area contributed by atoms with E-state index in [0.717, 1.165) is 25.0 Å². The zero-order valence-corrected chi connectivity index (χ0v) is 14.8. The van der Waals surface area contributed by atoms with Gasteiger partial charge in [0, 0.05) is 18.4 Å². The van der Waals surface area contributed by atoms with E-state index in [9.17, 15) is 13.6 Å². The van der Waals surface area contributed by atoms with Crippen molar-refractivity contribution in [1.29, 1.82) is 0 Å². The van der Waals surface area contributed by atoms with Crippen LogP contribution < -0.4 is 5.56 Å². The highest BCUT2D eigenvalue weighted by molar-refractivity contribution is 7.99. The number of benzene rings is 2. The first kappa shape index (κ1) is 18.5. The van der Waals surface area contributed by atoms with Gasteiger partial charge < -0.3 is 5.11 Å². The lowest BCUT2D eigenvalue weighted by atomic mass is 10.2. The van der Waals surface area contributed by atoms with Gasteiger partial charge in [-0.25, -0.2) is 13.8 Å². The monoisotopic (exact) mass is 376 g/mol. The molecule has 0 fully saturated rings. The van der Waals surface area contributed by atoms with Crippen LogP contribution in [0, 0.1) is 11.6 Å². The number of halogens is 2. The summed E-state index contributed by atoms with van der Waals surface area (Å²) in [6.07, 6.45) is 2.40. The summed E-state index contributed by atoms with van der Waals surface area (Å²) in [7, 11) is 0. The summed E-state index contributed by atoms with van der Waals surface area (Å²) < 4.78 is 28.8. The third-order valence-electron chi connectivity index (χ3n) is 3.93. The molecule has 136 valence electrons. The molecule has 7 heteroatoms. The second-order valence-electron chi connectivity index (χ2n) is 5.78. The summed E-state index contributed by atoms with van der Waals surface area (Å²) >= 11 is 1.34. The van der Waals surface area contributed by atoms with Crippen molar-refractivity contribution < 1.29 is 13.9 Å². The molecule has 4 nitrogen and oxygen atoms in total. The fraction of sp³-hybridized carbons (Fsp3) is 0.263. The fourth-order valence-electron chi connectivity index (χ4n) is 2.64. The molecule has 2 aromatic carbocycles. The second-order valence-corrected chi connectivity index (χ2v) is 6.84. The molecule has 26 heavy (non-hydrogen) atoms. The Morgan fingerprint density at radius 1 is 1.08 bits per heavy atom. The SMILES string of the molecule is O=c1c2ccccc2nc(SCCCCCO)n1-c1ccc(F)cc1F. The predicted octanol–water partition coefficient (Wildman–Crippen LogP) is 3.92. The lowest BCUT2D eigenvalue weighted by Crippen LogP contribution is -2.22. The van der Waals surface area contributed by atoms with Gasteiger partial charge in [0.2, 0.25) is 0 Å². The molecule has 1 aromatic heterocycles. The topological polar surface area (TPSA) is 55.1 Å². The van der Waals surface area contributed by atoms with Gasteiger partial charge in [-0.1, -0.05) is 30.3 Å². The molecule has 0 aliphatic heterocycles. The van der Waals surface area contributed by atoms with Gasteiger partial charge >= 0.3 is 0 Å². The van der Waals surface area contributed by atoms with Gasteiger partial charge in [0.05, 0.1) is 16.6 Å². The highest BCUT2D eigenvalue weighted by Crippen LogP contribution is 2.24. The molecule has 3 aromatic rings. The first-order chi connectivity index (χ1) is 12.6. The van der Waals surface area contributed by atoms with Gasteiger partial charge in [0.15, 0.2) is 5.16 Å². The zero-order valence-electron chi connectivity index (χ0n) is 14.0. The van der Waals surface area contributed by atoms with Crippen molar-refractivity contribution >= 4 is 22.7 Å². The number of aliphatic hydroxyl groups excluding tert-OH is 1. The molecular weight excluding hydrogens is 358 g/mol. The van der Waals surface area contributed by atoms with E-state index >= 15 is 0 Å². The summed E-state index contributed by atoms with van der Waals surface area (Å²) in [4.78, 5) is 17.4. The number of hydrogen-bond acceptors (Lipinski definition) is 4. The average Bonchev–Trinajstić information content (AvgIpc) is 2.63. The maximum Gasteiger partial charge on any atom is 0.266 e. The number of hydrogen-bond donors (Lipinski definition) is 1. The molecule has 3 rings (SSSR count). The number of para-hydroxylation sites is 1. The number of fused-ring (bicyclic) bond motifs is 1. The van der Waals surface area contributed by atoms with Gasteiger partial charge in [-0.05, 0) is 37.1 Å². The number of aliphatic hydroxyl groups is 1. The fourth-order valence-corrected chi connectivity index (χ4v) is 3.64. The lowest BCUT2D eigenvalue weighted by Gasteiger charge is -2.14. The van der Waals surface area contributed by atoms with Crippen LogP contribution in [0.1, 0.15) is 19.3 Å². The summed E-state index contributed by atoms with van der Waals surface area (Å²) in [5, 5.41) is 9.59. The summed E-state index contributed by atoms with van der Waals surface area (Å²) in [5.74, 6) is -0.842. The number of rotatable bonds is 7. The Balaban J connectivity index is 2.07. The Morgan fingerprint density at radius 2 is 1.88 bits per heavy atom. The molecule has 0 amide bonds. The third-order valence-corrected chi connectivity index (χ3v) is 4.95. The zero-order chi connectivity index (χ0) is 18.5. The van der Waals surface area contributed by atoms with Crippen LogP contribution >= 0.6 is 11.8 Å². The molecule has 0 saturated heterocycles. The van der Waals surface area contributed by atoms with Crippen LogP contribution in [0.2, 0.25) is 0 Å². The summed E-state index contributed by atoms with van der Waals surface area (Å²) in [5.41, 5.74) is 0.126. The van der Waals surface area contributed by atoms with Crippen molar-refractivity contribution in [2.24, 2.45) is 0 Å². The van der Waals surface area contributed by atoms with Crippen LogP contribution in [-0.4, -0.2) is 27.0 Å². The molecule has 0 bridgehead atoms. The van der Waals surface area contributed by atoms with Crippen LogP contribution in [0.5, 0.6) is 0 Å². The predicted molar refractivity (Wildman–Crippen MR) is 98.9 cm³/mol. The molecule has 0 aliphatic carbocycles. The van der Waals surface area contributed by atoms with Crippen LogP contribution in [0.3, 0.4) is 0 Å². The maximum absolute atomic E-state index is 14.3. The largest absolute Gasteiger partial charge is 0.396 e. The van der Waals surface area contributed by atoms with Crippen LogP contribution in [0.4, 0.5) is 8.78 Å². The Hall–Kier alpha value is -2.25. The minimum atomic E-state index is -0.814. The Labute approximate surface area is 153 Å². The van der Waals surface area contributed by atoms with E-state index in [-0.39, 0.29) is 17.9 Å². The first-order valence-corrected chi connectivity index (χ1v) is 9.31. The van der Waals surface area contributed by atoms with Gasteiger partial charge in [-0.3, -0.25) is 9.36 Å². The second kappa shape index (κ2) is 8.42. The highest BCUT2D eigenvalue weighted by Gasteiger charge is 2.16. The number of thioether (sulfide) groups is 1. The molecule has 0 saturated carbocycles. The molecule has 0 spiro atoms. The highest BCUT2D eigenvalue weighted by atomic mass is 32.2. The molecule has 0 unspecified atom stereocenters. The number of unbranched alkanes of at least 4 members (excludes halogenated alkanes) is 2. The standard InChI is InChI=1S/C19H18F2N2O2S/c20-13-8-9-17(15(21)12-13)23-18(25)14-6-2-3-7-16(14)22-19(23)26-11-5-1-4-10-24/h2-3,6-9,12,24H,1,4-5,10-11H2. The van der Waals surface area contributed by atoms with Crippen molar-refractivity contribution in [2.45, 2.75) is 24.4 Å². The summed E-state index contributed by atoms with van der Waals surface area (Å²) in [6.45, 7) is 0.143. The molecule has 0 aliphatic rings. The Morgan fingerprint density at radius 3 is 2.65 bits per heavy atom. The van der Waals surface area contributed by atoms with Crippen molar-refractivity contribution in [3.63, 3.8) is 0 Å². The minimum Gasteiger partial charge on any atom is -0.396 e. The average molecular weight is 376 g/mol. The van der Waals surface area contributed by atoms with E-state index in [4.69, 9.17) is 5.11 Å². The van der Waals surface area contributed by atoms with Crippen molar-refractivity contribution in [3.05, 3.63) is 64.5 Å². The maximum atomic E-state index is 14.3. The molecule has 0 radical (unpaired) electrons.